The Kier molecular flexibility index (Phi) is 27.9. The molecule has 1 saturated heterocycles. The number of carbonyl (C=O) groups excluding carboxylic acids is 1. The van der Waals surface area contributed by atoms with E-state index < -0.39 is 49.5 Å². The maximum atomic E-state index is 12.8. The molecule has 0 aliphatic carbocycles. The highest BCUT2D eigenvalue weighted by Crippen LogP contribution is 2.22. The largest absolute Gasteiger partial charge is 0.394 e. The highest BCUT2D eigenvalue weighted by atomic mass is 16.7. The van der Waals surface area contributed by atoms with E-state index in [0.29, 0.717) is 6.42 Å². The number of hydrogen-bond donors (Lipinski definition) is 6. The molecular formula is C38H73NO8. The average Bonchev–Trinajstić information content (AvgIpc) is 3.07. The minimum atomic E-state index is -1.56. The summed E-state index contributed by atoms with van der Waals surface area (Å²) in [6.07, 6.45) is 23.9. The Bertz CT molecular complexity index is 751. The highest BCUT2D eigenvalue weighted by molar-refractivity contribution is 5.76. The Morgan fingerprint density at radius 3 is 1.66 bits per heavy atom. The van der Waals surface area contributed by atoms with Gasteiger partial charge in [0.25, 0.3) is 0 Å². The first-order valence-corrected chi connectivity index (χ1v) is 19.4. The first kappa shape index (κ1) is 44.0. The molecule has 6 N–H and O–H groups in total. The highest BCUT2D eigenvalue weighted by Gasteiger charge is 2.44. The summed E-state index contributed by atoms with van der Waals surface area (Å²) >= 11 is 0. The zero-order valence-corrected chi connectivity index (χ0v) is 30.0. The van der Waals surface area contributed by atoms with Crippen molar-refractivity contribution in [2.45, 2.75) is 211 Å². The van der Waals surface area contributed by atoms with Crippen LogP contribution in [0.3, 0.4) is 0 Å². The second-order valence-electron chi connectivity index (χ2n) is 13.7. The zero-order chi connectivity index (χ0) is 34.5. The number of aliphatic hydroxyl groups excluding tert-OH is 5. The Labute approximate surface area is 286 Å². The molecule has 1 aliphatic rings. The SMILES string of the molecule is CCCCCCCCCCC/C=C\[C@@H](O)[C@H](CO[C@@H]1O[C@H](CO)[C@@H](O)[C@H](O)[C@H]1O)NC(=O)CCCCCCCCCCCCCCC. The molecule has 9 heteroatoms. The number of carbonyl (C=O) groups is 1. The van der Waals surface area contributed by atoms with E-state index in [1.165, 1.54) is 109 Å². The van der Waals surface area contributed by atoms with Crippen LogP contribution in [0.2, 0.25) is 0 Å². The molecule has 1 aliphatic heterocycles. The molecule has 0 spiro atoms. The molecule has 0 aromatic carbocycles. The lowest BCUT2D eigenvalue weighted by Crippen LogP contribution is -2.60. The number of ether oxygens (including phenoxy) is 2. The van der Waals surface area contributed by atoms with Crippen molar-refractivity contribution in [1.82, 2.24) is 5.32 Å². The zero-order valence-electron chi connectivity index (χ0n) is 30.0. The summed E-state index contributed by atoms with van der Waals surface area (Å²) in [6.45, 7) is 3.73. The predicted molar refractivity (Wildman–Crippen MR) is 189 cm³/mol. The normalized spacial score (nSPS) is 22.9. The van der Waals surface area contributed by atoms with Gasteiger partial charge in [0.15, 0.2) is 6.29 Å². The molecule has 0 bridgehead atoms. The fraction of sp³-hybridized carbons (Fsp3) is 0.921. The number of amides is 1. The van der Waals surface area contributed by atoms with Crippen LogP contribution >= 0.6 is 0 Å². The number of aliphatic hydroxyl groups is 5. The number of nitrogens with one attached hydrogen (secondary N) is 1. The smallest absolute Gasteiger partial charge is 0.220 e. The van der Waals surface area contributed by atoms with E-state index in [1.54, 1.807) is 6.08 Å². The molecule has 0 aromatic heterocycles. The van der Waals surface area contributed by atoms with E-state index in [2.05, 4.69) is 19.2 Å². The van der Waals surface area contributed by atoms with Crippen LogP contribution in [0.15, 0.2) is 12.2 Å². The van der Waals surface area contributed by atoms with E-state index in [1.807, 2.05) is 6.08 Å². The van der Waals surface area contributed by atoms with Crippen LogP contribution in [-0.2, 0) is 14.3 Å². The number of rotatable bonds is 31. The van der Waals surface area contributed by atoms with Crippen LogP contribution in [0.1, 0.15) is 168 Å². The molecule has 9 nitrogen and oxygen atoms in total. The van der Waals surface area contributed by atoms with Gasteiger partial charge in [0, 0.05) is 6.42 Å². The van der Waals surface area contributed by atoms with Gasteiger partial charge in [0.1, 0.15) is 24.4 Å². The van der Waals surface area contributed by atoms with Crippen LogP contribution in [0, 0.1) is 0 Å². The van der Waals surface area contributed by atoms with Crippen LogP contribution in [-0.4, -0.2) is 87.5 Å². The van der Waals surface area contributed by atoms with Crippen molar-refractivity contribution in [1.29, 1.82) is 0 Å². The number of unbranched alkanes of at least 4 members (excludes halogenated alkanes) is 21. The Hall–Kier alpha value is -1.07. The third-order valence-corrected chi connectivity index (χ3v) is 9.36. The van der Waals surface area contributed by atoms with Crippen LogP contribution in [0.4, 0.5) is 0 Å². The molecule has 1 amide bonds. The Balaban J connectivity index is 2.45. The van der Waals surface area contributed by atoms with Crippen molar-refractivity contribution in [3.8, 4) is 0 Å². The topological polar surface area (TPSA) is 149 Å². The van der Waals surface area contributed by atoms with Gasteiger partial charge in [0.2, 0.25) is 5.91 Å². The summed E-state index contributed by atoms with van der Waals surface area (Å²) in [5.74, 6) is -0.179. The lowest BCUT2D eigenvalue weighted by molar-refractivity contribution is -0.302. The van der Waals surface area contributed by atoms with Gasteiger partial charge in [-0.25, -0.2) is 0 Å². The second-order valence-corrected chi connectivity index (χ2v) is 13.7. The Morgan fingerprint density at radius 2 is 1.17 bits per heavy atom. The number of hydrogen-bond acceptors (Lipinski definition) is 8. The van der Waals surface area contributed by atoms with Gasteiger partial charge >= 0.3 is 0 Å². The van der Waals surface area contributed by atoms with Crippen molar-refractivity contribution >= 4 is 5.91 Å². The first-order chi connectivity index (χ1) is 22.8. The van der Waals surface area contributed by atoms with Crippen molar-refractivity contribution in [3.63, 3.8) is 0 Å². The van der Waals surface area contributed by atoms with Crippen molar-refractivity contribution in [2.24, 2.45) is 0 Å². The fourth-order valence-electron chi connectivity index (χ4n) is 6.15. The summed E-state index contributed by atoms with van der Waals surface area (Å²) in [5.41, 5.74) is 0. The maximum Gasteiger partial charge on any atom is 0.220 e. The van der Waals surface area contributed by atoms with Crippen LogP contribution in [0.25, 0.3) is 0 Å². The molecule has 1 rings (SSSR count). The van der Waals surface area contributed by atoms with E-state index in [4.69, 9.17) is 9.47 Å². The molecule has 47 heavy (non-hydrogen) atoms. The molecule has 1 fully saturated rings. The third-order valence-electron chi connectivity index (χ3n) is 9.36. The van der Waals surface area contributed by atoms with Crippen molar-refractivity contribution in [2.75, 3.05) is 13.2 Å². The Morgan fingerprint density at radius 1 is 0.702 bits per heavy atom. The monoisotopic (exact) mass is 672 g/mol. The summed E-state index contributed by atoms with van der Waals surface area (Å²) in [5, 5.41) is 53.8. The molecule has 7 atom stereocenters. The molecule has 0 unspecified atom stereocenters. The fourth-order valence-corrected chi connectivity index (χ4v) is 6.15. The van der Waals surface area contributed by atoms with Gasteiger partial charge in [-0.05, 0) is 19.3 Å². The summed E-state index contributed by atoms with van der Waals surface area (Å²) in [6, 6.07) is -0.795. The minimum Gasteiger partial charge on any atom is -0.394 e. The molecule has 278 valence electrons. The van der Waals surface area contributed by atoms with E-state index in [9.17, 15) is 30.3 Å². The molecule has 1 heterocycles. The second kappa shape index (κ2) is 29.8. The van der Waals surface area contributed by atoms with Gasteiger partial charge in [-0.2, -0.15) is 0 Å². The van der Waals surface area contributed by atoms with Crippen molar-refractivity contribution < 1.29 is 39.8 Å². The molecule has 0 saturated carbocycles. The van der Waals surface area contributed by atoms with Crippen LogP contribution < -0.4 is 5.32 Å². The number of allylic oxidation sites excluding steroid dienone is 1. The minimum absolute atomic E-state index is 0.179. The summed E-state index contributed by atoms with van der Waals surface area (Å²) in [7, 11) is 0. The predicted octanol–water partition coefficient (Wildman–Crippen LogP) is 6.61. The van der Waals surface area contributed by atoms with Gasteiger partial charge in [-0.1, -0.05) is 154 Å². The van der Waals surface area contributed by atoms with Gasteiger partial charge in [-0.15, -0.1) is 0 Å². The average molecular weight is 672 g/mol. The standard InChI is InChI=1S/C38H73NO8/c1-3-5-7-9-11-13-15-16-18-20-22-24-26-28-34(42)39-31(30-46-38-37(45)36(44)35(43)33(29-40)47-38)32(41)27-25-23-21-19-17-14-12-10-8-6-4-2/h25,27,31-33,35-38,40-41,43-45H,3-24,26,28-30H2,1-2H3,(H,39,42)/b27-25-/t31-,32+,33+,35+,36-,37+,38+/m0/s1. The molecule has 0 aromatic rings. The molecular weight excluding hydrogens is 598 g/mol. The first-order valence-electron chi connectivity index (χ1n) is 19.4. The van der Waals surface area contributed by atoms with Gasteiger partial charge in [-0.3, -0.25) is 4.79 Å². The third kappa shape index (κ3) is 21.6. The quantitative estimate of drug-likeness (QED) is 0.0357. The summed E-state index contributed by atoms with van der Waals surface area (Å²) < 4.78 is 11.1. The maximum absolute atomic E-state index is 12.8. The molecule has 0 radical (unpaired) electrons. The van der Waals surface area contributed by atoms with E-state index in [-0.39, 0.29) is 12.5 Å². The van der Waals surface area contributed by atoms with Gasteiger partial charge in [0.05, 0.1) is 25.4 Å². The van der Waals surface area contributed by atoms with Gasteiger partial charge < -0.3 is 40.3 Å². The van der Waals surface area contributed by atoms with Crippen molar-refractivity contribution in [3.05, 3.63) is 12.2 Å². The summed E-state index contributed by atoms with van der Waals surface area (Å²) in [4.78, 5) is 12.8. The lowest BCUT2D eigenvalue weighted by atomic mass is 9.99. The van der Waals surface area contributed by atoms with E-state index in [0.717, 1.165) is 38.5 Å². The van der Waals surface area contributed by atoms with Crippen LogP contribution in [0.5, 0.6) is 0 Å². The lowest BCUT2D eigenvalue weighted by Gasteiger charge is -2.40. The van der Waals surface area contributed by atoms with E-state index >= 15 is 0 Å².